The van der Waals surface area contributed by atoms with Crippen molar-refractivity contribution in [3.8, 4) is 0 Å². The van der Waals surface area contributed by atoms with Crippen LogP contribution in [-0.2, 0) is 15.3 Å². The summed E-state index contributed by atoms with van der Waals surface area (Å²) in [5.74, 6) is 0.891. The van der Waals surface area contributed by atoms with Crippen molar-refractivity contribution in [2.24, 2.45) is 0 Å². The molecule has 1 unspecified atom stereocenters. The van der Waals surface area contributed by atoms with Gasteiger partial charge in [0, 0.05) is 17.2 Å². The summed E-state index contributed by atoms with van der Waals surface area (Å²) in [6, 6.07) is 1.72. The number of nitrogens with one attached hydrogen (secondary N) is 1. The summed E-state index contributed by atoms with van der Waals surface area (Å²) in [7, 11) is -2.92. The van der Waals surface area contributed by atoms with E-state index in [1.165, 1.54) is 0 Å². The maximum absolute atomic E-state index is 11.6. The number of aromatic amines is 1. The van der Waals surface area contributed by atoms with Crippen molar-refractivity contribution in [1.29, 1.82) is 0 Å². The summed E-state index contributed by atoms with van der Waals surface area (Å²) < 4.78 is 23.2. The van der Waals surface area contributed by atoms with Crippen LogP contribution in [0.2, 0.25) is 0 Å². The maximum Gasteiger partial charge on any atom is 0.151 e. The number of aromatic nitrogens is 2. The highest BCUT2D eigenvalue weighted by Gasteiger charge is 2.37. The standard InChI is InChI=1S/C9H15N3O2S/c1-9(7-5-8(10)12-11-7)3-2-4-15(13,14)6-9/h5H,2-4,6H2,1H3,(H3,10,11,12). The van der Waals surface area contributed by atoms with Crippen LogP contribution in [0, 0.1) is 0 Å². The predicted molar refractivity (Wildman–Crippen MR) is 58.2 cm³/mol. The Morgan fingerprint density at radius 2 is 2.33 bits per heavy atom. The molecule has 1 fully saturated rings. The van der Waals surface area contributed by atoms with Crippen LogP contribution in [0.4, 0.5) is 5.82 Å². The molecule has 5 nitrogen and oxygen atoms in total. The number of hydrogen-bond acceptors (Lipinski definition) is 4. The van der Waals surface area contributed by atoms with E-state index < -0.39 is 9.84 Å². The van der Waals surface area contributed by atoms with E-state index in [0.29, 0.717) is 18.0 Å². The Morgan fingerprint density at radius 3 is 2.87 bits per heavy atom. The quantitative estimate of drug-likeness (QED) is 0.732. The summed E-state index contributed by atoms with van der Waals surface area (Å²) in [6.07, 6.45) is 1.56. The molecule has 2 rings (SSSR count). The minimum atomic E-state index is -2.92. The van der Waals surface area contributed by atoms with E-state index in [1.807, 2.05) is 6.92 Å². The molecule has 1 saturated heterocycles. The molecule has 0 spiro atoms. The Kier molecular flexibility index (Phi) is 2.26. The van der Waals surface area contributed by atoms with Gasteiger partial charge in [0.15, 0.2) is 9.84 Å². The third kappa shape index (κ3) is 1.99. The Balaban J connectivity index is 2.34. The second-order valence-electron chi connectivity index (χ2n) is 4.46. The van der Waals surface area contributed by atoms with Crippen LogP contribution in [0.1, 0.15) is 25.5 Å². The Morgan fingerprint density at radius 1 is 1.60 bits per heavy atom. The lowest BCUT2D eigenvalue weighted by Crippen LogP contribution is -2.37. The molecule has 1 aromatic rings. The first-order chi connectivity index (χ1) is 6.91. The lowest BCUT2D eigenvalue weighted by atomic mass is 9.84. The topological polar surface area (TPSA) is 88.8 Å². The molecule has 2 heterocycles. The number of anilines is 1. The van der Waals surface area contributed by atoms with Crippen LogP contribution in [0.15, 0.2) is 6.07 Å². The molecule has 6 heteroatoms. The zero-order valence-electron chi connectivity index (χ0n) is 8.66. The Bertz CT molecular complexity index is 465. The SMILES string of the molecule is CC1(c2cc(N)n[nH]2)CCCS(=O)(=O)C1. The van der Waals surface area contributed by atoms with E-state index in [1.54, 1.807) is 6.07 Å². The first-order valence-electron chi connectivity index (χ1n) is 4.93. The van der Waals surface area contributed by atoms with Crippen molar-refractivity contribution in [3.05, 3.63) is 11.8 Å². The van der Waals surface area contributed by atoms with Crippen molar-refractivity contribution >= 4 is 15.7 Å². The van der Waals surface area contributed by atoms with Gasteiger partial charge in [0.05, 0.1) is 11.5 Å². The maximum atomic E-state index is 11.6. The van der Waals surface area contributed by atoms with Gasteiger partial charge in [0.25, 0.3) is 0 Å². The predicted octanol–water partition coefficient (Wildman–Crippen LogP) is 0.458. The summed E-state index contributed by atoms with van der Waals surface area (Å²) in [4.78, 5) is 0. The Hall–Kier alpha value is -1.04. The minimum absolute atomic E-state index is 0.182. The fourth-order valence-corrected chi connectivity index (χ4v) is 4.17. The van der Waals surface area contributed by atoms with Gasteiger partial charge in [-0.3, -0.25) is 5.10 Å². The number of sulfone groups is 1. The van der Waals surface area contributed by atoms with Crippen LogP contribution in [-0.4, -0.2) is 30.1 Å². The van der Waals surface area contributed by atoms with Gasteiger partial charge in [-0.1, -0.05) is 6.92 Å². The normalized spacial score (nSPS) is 30.2. The molecule has 1 aliphatic heterocycles. The van der Waals surface area contributed by atoms with E-state index in [-0.39, 0.29) is 11.2 Å². The molecular formula is C9H15N3O2S. The first kappa shape index (κ1) is 10.5. The van der Waals surface area contributed by atoms with Crippen LogP contribution in [0.3, 0.4) is 0 Å². The van der Waals surface area contributed by atoms with E-state index in [9.17, 15) is 8.42 Å². The van der Waals surface area contributed by atoms with Gasteiger partial charge in [-0.2, -0.15) is 5.10 Å². The lowest BCUT2D eigenvalue weighted by molar-refractivity contribution is 0.434. The van der Waals surface area contributed by atoms with Gasteiger partial charge in [-0.05, 0) is 12.8 Å². The number of nitrogen functional groups attached to an aromatic ring is 1. The van der Waals surface area contributed by atoms with Crippen molar-refractivity contribution in [2.75, 3.05) is 17.2 Å². The molecule has 0 aromatic carbocycles. The lowest BCUT2D eigenvalue weighted by Gasteiger charge is -2.31. The number of H-pyrrole nitrogens is 1. The van der Waals surface area contributed by atoms with Gasteiger partial charge >= 0.3 is 0 Å². The van der Waals surface area contributed by atoms with Crippen LogP contribution < -0.4 is 5.73 Å². The Labute approximate surface area is 89.0 Å². The van der Waals surface area contributed by atoms with Gasteiger partial charge in [-0.25, -0.2) is 8.42 Å². The van der Waals surface area contributed by atoms with Crippen LogP contribution >= 0.6 is 0 Å². The van der Waals surface area contributed by atoms with E-state index in [0.717, 1.165) is 12.1 Å². The summed E-state index contributed by atoms with van der Waals surface area (Å²) in [5, 5.41) is 6.66. The summed E-state index contributed by atoms with van der Waals surface area (Å²) >= 11 is 0. The van der Waals surface area contributed by atoms with Crippen LogP contribution in [0.5, 0.6) is 0 Å². The molecule has 0 aliphatic carbocycles. The molecule has 0 radical (unpaired) electrons. The largest absolute Gasteiger partial charge is 0.382 e. The second-order valence-corrected chi connectivity index (χ2v) is 6.65. The molecule has 0 amide bonds. The van der Waals surface area contributed by atoms with Crippen molar-refractivity contribution in [1.82, 2.24) is 10.2 Å². The zero-order chi connectivity index (χ0) is 11.1. The van der Waals surface area contributed by atoms with Crippen LogP contribution in [0.25, 0.3) is 0 Å². The first-order valence-corrected chi connectivity index (χ1v) is 6.75. The molecule has 3 N–H and O–H groups in total. The molecule has 84 valence electrons. The summed E-state index contributed by atoms with van der Waals surface area (Å²) in [6.45, 7) is 1.94. The van der Waals surface area contributed by atoms with E-state index in [4.69, 9.17) is 5.73 Å². The molecule has 1 aromatic heterocycles. The van der Waals surface area contributed by atoms with Gasteiger partial charge in [0.1, 0.15) is 5.82 Å². The zero-order valence-corrected chi connectivity index (χ0v) is 9.47. The molecular weight excluding hydrogens is 214 g/mol. The fraction of sp³-hybridized carbons (Fsp3) is 0.667. The van der Waals surface area contributed by atoms with Gasteiger partial charge in [-0.15, -0.1) is 0 Å². The monoisotopic (exact) mass is 229 g/mol. The van der Waals surface area contributed by atoms with Crippen molar-refractivity contribution in [2.45, 2.75) is 25.2 Å². The summed E-state index contributed by atoms with van der Waals surface area (Å²) in [5.41, 5.74) is 5.98. The third-order valence-corrected chi connectivity index (χ3v) is 4.96. The van der Waals surface area contributed by atoms with E-state index >= 15 is 0 Å². The van der Waals surface area contributed by atoms with Crippen molar-refractivity contribution < 1.29 is 8.42 Å². The minimum Gasteiger partial charge on any atom is -0.382 e. The second kappa shape index (κ2) is 3.23. The average Bonchev–Trinajstić information content (AvgIpc) is 2.49. The van der Waals surface area contributed by atoms with Gasteiger partial charge in [0.2, 0.25) is 0 Å². The third-order valence-electron chi connectivity index (χ3n) is 2.97. The smallest absolute Gasteiger partial charge is 0.151 e. The molecule has 0 bridgehead atoms. The van der Waals surface area contributed by atoms with Gasteiger partial charge < -0.3 is 5.73 Å². The highest BCUT2D eigenvalue weighted by Crippen LogP contribution is 2.34. The number of nitrogens with two attached hydrogens (primary N) is 1. The van der Waals surface area contributed by atoms with Crippen molar-refractivity contribution in [3.63, 3.8) is 0 Å². The highest BCUT2D eigenvalue weighted by molar-refractivity contribution is 7.91. The molecule has 15 heavy (non-hydrogen) atoms. The number of hydrogen-bond donors (Lipinski definition) is 2. The highest BCUT2D eigenvalue weighted by atomic mass is 32.2. The molecule has 1 atom stereocenters. The molecule has 1 aliphatic rings. The molecule has 0 saturated carbocycles. The fourth-order valence-electron chi connectivity index (χ4n) is 2.17. The average molecular weight is 229 g/mol. The number of rotatable bonds is 1. The van der Waals surface area contributed by atoms with E-state index in [2.05, 4.69) is 10.2 Å². The number of nitrogens with zero attached hydrogens (tertiary/aromatic N) is 1.